The van der Waals surface area contributed by atoms with Gasteiger partial charge >= 0.3 is 6.03 Å². The molecule has 0 bridgehead atoms. The number of nitrogens with one attached hydrogen (secondary N) is 1. The molecule has 0 saturated carbocycles. The van der Waals surface area contributed by atoms with E-state index in [4.69, 9.17) is 4.74 Å². The number of aliphatic hydroxyl groups is 1. The summed E-state index contributed by atoms with van der Waals surface area (Å²) in [5.41, 5.74) is 0. The summed E-state index contributed by atoms with van der Waals surface area (Å²) < 4.78 is 5.90. The van der Waals surface area contributed by atoms with Crippen molar-refractivity contribution in [1.82, 2.24) is 10.2 Å². The Morgan fingerprint density at radius 1 is 1.38 bits per heavy atom. The molecule has 122 valence electrons. The summed E-state index contributed by atoms with van der Waals surface area (Å²) in [5, 5.41) is 12.5. The Bertz CT molecular complexity index is 333. The average Bonchev–Trinajstić information content (AvgIpc) is 2.97. The number of hydrogen-bond acceptors (Lipinski definition) is 3. The van der Waals surface area contributed by atoms with Crippen LogP contribution in [-0.2, 0) is 4.74 Å². The minimum atomic E-state index is -0.0123. The van der Waals surface area contributed by atoms with Gasteiger partial charge in [-0.2, -0.15) is 0 Å². The maximum atomic E-state index is 12.4. The second kappa shape index (κ2) is 7.99. The van der Waals surface area contributed by atoms with Gasteiger partial charge in [-0.25, -0.2) is 4.79 Å². The monoisotopic (exact) mass is 298 g/mol. The zero-order valence-electron chi connectivity index (χ0n) is 13.4. The number of hydrogen-bond donors (Lipinski definition) is 2. The van der Waals surface area contributed by atoms with Crippen LogP contribution >= 0.6 is 0 Å². The van der Waals surface area contributed by atoms with Crippen LogP contribution in [0.1, 0.15) is 52.4 Å². The fourth-order valence-electron chi connectivity index (χ4n) is 3.65. The molecule has 2 N–H and O–H groups in total. The summed E-state index contributed by atoms with van der Waals surface area (Å²) in [4.78, 5) is 14.2. The number of rotatable bonds is 5. The van der Waals surface area contributed by atoms with Crippen LogP contribution in [0.2, 0.25) is 0 Å². The van der Waals surface area contributed by atoms with Crippen LogP contribution in [-0.4, -0.2) is 54.0 Å². The Balaban J connectivity index is 1.86. The highest BCUT2D eigenvalue weighted by molar-refractivity contribution is 5.75. The van der Waals surface area contributed by atoms with Gasteiger partial charge in [-0.15, -0.1) is 0 Å². The van der Waals surface area contributed by atoms with Gasteiger partial charge in [0.15, 0.2) is 0 Å². The van der Waals surface area contributed by atoms with Gasteiger partial charge in [0, 0.05) is 19.2 Å². The number of ether oxygens (including phenoxy) is 1. The standard InChI is InChI=1S/C16H30N2O3/c1-3-12(4-2)15-10-13(7-9-21-15)17-16(20)18-8-5-6-14(18)11-19/h12-15,19H,3-11H2,1-2H3,(H,17,20)/t13-,14-,15-/m0/s1. The van der Waals surface area contributed by atoms with Gasteiger partial charge in [0.1, 0.15) is 0 Å². The van der Waals surface area contributed by atoms with Crippen LogP contribution in [0.25, 0.3) is 0 Å². The second-order valence-electron chi connectivity index (χ2n) is 6.33. The highest BCUT2D eigenvalue weighted by Crippen LogP contribution is 2.25. The Labute approximate surface area is 128 Å². The van der Waals surface area contributed by atoms with Gasteiger partial charge in [0.2, 0.25) is 0 Å². The van der Waals surface area contributed by atoms with Crippen LogP contribution in [0.3, 0.4) is 0 Å². The fourth-order valence-corrected chi connectivity index (χ4v) is 3.65. The topological polar surface area (TPSA) is 61.8 Å². The van der Waals surface area contributed by atoms with Crippen molar-refractivity contribution in [2.24, 2.45) is 5.92 Å². The quantitative estimate of drug-likeness (QED) is 0.817. The van der Waals surface area contributed by atoms with Gasteiger partial charge in [-0.05, 0) is 31.6 Å². The molecule has 0 spiro atoms. The lowest BCUT2D eigenvalue weighted by atomic mass is 9.89. The van der Waals surface area contributed by atoms with E-state index in [0.717, 1.165) is 51.7 Å². The maximum absolute atomic E-state index is 12.4. The minimum Gasteiger partial charge on any atom is -0.394 e. The molecule has 2 amide bonds. The molecule has 0 unspecified atom stereocenters. The molecule has 2 heterocycles. The number of nitrogens with zero attached hydrogens (tertiary/aromatic N) is 1. The normalized spacial score (nSPS) is 29.9. The van der Waals surface area contributed by atoms with Crippen molar-refractivity contribution in [3.8, 4) is 0 Å². The first-order valence-electron chi connectivity index (χ1n) is 8.49. The summed E-state index contributed by atoms with van der Waals surface area (Å²) in [6.45, 7) is 5.97. The van der Waals surface area contributed by atoms with Gasteiger partial charge in [0.25, 0.3) is 0 Å². The zero-order valence-corrected chi connectivity index (χ0v) is 13.4. The largest absolute Gasteiger partial charge is 0.394 e. The van der Waals surface area contributed by atoms with Crippen molar-refractivity contribution >= 4 is 6.03 Å². The predicted molar refractivity (Wildman–Crippen MR) is 82.2 cm³/mol. The van der Waals surface area contributed by atoms with Crippen LogP contribution in [0.5, 0.6) is 0 Å². The van der Waals surface area contributed by atoms with Gasteiger partial charge in [-0.3, -0.25) is 0 Å². The summed E-state index contributed by atoms with van der Waals surface area (Å²) in [7, 11) is 0. The smallest absolute Gasteiger partial charge is 0.317 e. The highest BCUT2D eigenvalue weighted by Gasteiger charge is 2.32. The number of urea groups is 1. The minimum absolute atomic E-state index is 0.000306. The van der Waals surface area contributed by atoms with Crippen molar-refractivity contribution in [3.05, 3.63) is 0 Å². The highest BCUT2D eigenvalue weighted by atomic mass is 16.5. The molecule has 2 aliphatic heterocycles. The SMILES string of the molecule is CCC(CC)[C@@H]1C[C@@H](NC(=O)N2CCC[C@H]2CO)CCO1. The Kier molecular flexibility index (Phi) is 6.30. The van der Waals surface area contributed by atoms with E-state index in [1.54, 1.807) is 4.90 Å². The first-order chi connectivity index (χ1) is 10.2. The van der Waals surface area contributed by atoms with Crippen LogP contribution in [0.15, 0.2) is 0 Å². The molecule has 0 aromatic rings. The molecule has 5 nitrogen and oxygen atoms in total. The van der Waals surface area contributed by atoms with E-state index in [9.17, 15) is 9.90 Å². The lowest BCUT2D eigenvalue weighted by molar-refractivity contribution is -0.0337. The third-order valence-corrected chi connectivity index (χ3v) is 5.07. The third-order valence-electron chi connectivity index (χ3n) is 5.07. The van der Waals surface area contributed by atoms with Crippen molar-refractivity contribution < 1.29 is 14.6 Å². The fraction of sp³-hybridized carbons (Fsp3) is 0.938. The van der Waals surface area contributed by atoms with Crippen molar-refractivity contribution in [3.63, 3.8) is 0 Å². The molecule has 0 radical (unpaired) electrons. The molecular formula is C16H30N2O3. The molecule has 2 fully saturated rings. The summed E-state index contributed by atoms with van der Waals surface area (Å²) in [6, 6.07) is 0.193. The zero-order chi connectivity index (χ0) is 15.2. The van der Waals surface area contributed by atoms with Crippen molar-refractivity contribution in [1.29, 1.82) is 0 Å². The molecule has 3 atom stereocenters. The van der Waals surface area contributed by atoms with Crippen molar-refractivity contribution in [2.45, 2.75) is 70.6 Å². The summed E-state index contributed by atoms with van der Waals surface area (Å²) in [5.74, 6) is 0.585. The van der Waals surface area contributed by atoms with Gasteiger partial charge in [0.05, 0.1) is 18.8 Å². The molecule has 2 aliphatic rings. The molecule has 2 rings (SSSR count). The molecule has 5 heteroatoms. The average molecular weight is 298 g/mol. The molecule has 0 aromatic heterocycles. The lowest BCUT2D eigenvalue weighted by Gasteiger charge is -2.35. The second-order valence-corrected chi connectivity index (χ2v) is 6.33. The van der Waals surface area contributed by atoms with Gasteiger partial charge in [-0.1, -0.05) is 26.7 Å². The van der Waals surface area contributed by atoms with Crippen molar-refractivity contribution in [2.75, 3.05) is 19.8 Å². The number of aliphatic hydroxyl groups excluding tert-OH is 1. The molecule has 21 heavy (non-hydrogen) atoms. The van der Waals surface area contributed by atoms with E-state index in [-0.39, 0.29) is 30.8 Å². The van der Waals surface area contributed by atoms with Crippen LogP contribution in [0, 0.1) is 5.92 Å². The Morgan fingerprint density at radius 3 is 2.81 bits per heavy atom. The number of amides is 2. The van der Waals surface area contributed by atoms with E-state index in [1.165, 1.54) is 0 Å². The van der Waals surface area contributed by atoms with E-state index in [2.05, 4.69) is 19.2 Å². The van der Waals surface area contributed by atoms with Crippen LogP contribution < -0.4 is 5.32 Å². The predicted octanol–water partition coefficient (Wildman–Crippen LogP) is 2.14. The molecule has 0 aliphatic carbocycles. The van der Waals surface area contributed by atoms with E-state index >= 15 is 0 Å². The maximum Gasteiger partial charge on any atom is 0.317 e. The number of carbonyl (C=O) groups is 1. The molecule has 2 saturated heterocycles. The molecular weight excluding hydrogens is 268 g/mol. The van der Waals surface area contributed by atoms with Gasteiger partial charge < -0.3 is 20.1 Å². The first-order valence-corrected chi connectivity index (χ1v) is 8.49. The third kappa shape index (κ3) is 4.10. The first kappa shape index (κ1) is 16.6. The lowest BCUT2D eigenvalue weighted by Crippen LogP contribution is -2.50. The summed E-state index contributed by atoms with van der Waals surface area (Å²) >= 11 is 0. The Hall–Kier alpha value is -0.810. The van der Waals surface area contributed by atoms with E-state index in [1.807, 2.05) is 0 Å². The van der Waals surface area contributed by atoms with E-state index in [0.29, 0.717) is 5.92 Å². The summed E-state index contributed by atoms with van der Waals surface area (Å²) in [6.07, 6.45) is 6.22. The molecule has 0 aromatic carbocycles. The Morgan fingerprint density at radius 2 is 2.14 bits per heavy atom. The number of carbonyl (C=O) groups excluding carboxylic acids is 1. The number of likely N-dealkylation sites (tertiary alicyclic amines) is 1. The van der Waals surface area contributed by atoms with Crippen LogP contribution in [0.4, 0.5) is 4.79 Å². The van der Waals surface area contributed by atoms with E-state index < -0.39 is 0 Å².